The number of nitrogens with zero attached hydrogens (tertiary/aromatic N) is 2. The van der Waals surface area contributed by atoms with Crippen LogP contribution < -0.4 is 10.1 Å². The van der Waals surface area contributed by atoms with E-state index in [9.17, 15) is 4.79 Å². The van der Waals surface area contributed by atoms with Crippen LogP contribution in [0.2, 0.25) is 0 Å². The lowest BCUT2D eigenvalue weighted by atomic mass is 10.2. The third kappa shape index (κ3) is 3.54. The molecule has 20 heavy (non-hydrogen) atoms. The van der Waals surface area contributed by atoms with Crippen LogP contribution in [0.5, 0.6) is 5.75 Å². The standard InChI is InChI=1S/C15H17N3O2/c1-4-20-13-7-5-12(6-8-13)14(19)18-15-16-10(2)9-11(3)17-15/h5-9H,4H2,1-3H3,(H,16,17,18,19). The summed E-state index contributed by atoms with van der Waals surface area (Å²) in [5.74, 6) is 0.825. The Morgan fingerprint density at radius 1 is 1.15 bits per heavy atom. The maximum Gasteiger partial charge on any atom is 0.258 e. The number of hydrogen-bond acceptors (Lipinski definition) is 4. The minimum atomic E-state index is -0.238. The van der Waals surface area contributed by atoms with Crippen LogP contribution in [0.1, 0.15) is 28.7 Å². The molecule has 1 aromatic heterocycles. The van der Waals surface area contributed by atoms with E-state index in [4.69, 9.17) is 4.74 Å². The van der Waals surface area contributed by atoms with Gasteiger partial charge in [-0.25, -0.2) is 9.97 Å². The quantitative estimate of drug-likeness (QED) is 0.928. The van der Waals surface area contributed by atoms with E-state index in [1.165, 1.54) is 0 Å². The van der Waals surface area contributed by atoms with Crippen LogP contribution in [-0.4, -0.2) is 22.5 Å². The predicted molar refractivity (Wildman–Crippen MR) is 77.1 cm³/mol. The predicted octanol–water partition coefficient (Wildman–Crippen LogP) is 2.74. The Kier molecular flexibility index (Phi) is 4.30. The maximum absolute atomic E-state index is 12.1. The van der Waals surface area contributed by atoms with E-state index in [2.05, 4.69) is 15.3 Å². The zero-order valence-electron chi connectivity index (χ0n) is 11.8. The van der Waals surface area contributed by atoms with Gasteiger partial charge in [0.1, 0.15) is 5.75 Å². The van der Waals surface area contributed by atoms with Crippen molar-refractivity contribution in [2.45, 2.75) is 20.8 Å². The molecule has 104 valence electrons. The Morgan fingerprint density at radius 3 is 2.30 bits per heavy atom. The van der Waals surface area contributed by atoms with E-state index in [0.717, 1.165) is 17.1 Å². The lowest BCUT2D eigenvalue weighted by Crippen LogP contribution is -2.14. The molecule has 0 spiro atoms. The Labute approximate surface area is 118 Å². The minimum Gasteiger partial charge on any atom is -0.494 e. The number of carbonyl (C=O) groups excluding carboxylic acids is 1. The highest BCUT2D eigenvalue weighted by Gasteiger charge is 2.08. The van der Waals surface area contributed by atoms with Crippen LogP contribution in [0, 0.1) is 13.8 Å². The average Bonchev–Trinajstić information content (AvgIpc) is 2.38. The van der Waals surface area contributed by atoms with Crippen molar-refractivity contribution in [2.24, 2.45) is 0 Å². The average molecular weight is 271 g/mol. The van der Waals surface area contributed by atoms with Crippen LogP contribution in [0.4, 0.5) is 5.95 Å². The molecule has 0 saturated heterocycles. The molecule has 0 saturated carbocycles. The molecule has 2 aromatic rings. The minimum absolute atomic E-state index is 0.238. The monoisotopic (exact) mass is 271 g/mol. The molecule has 0 radical (unpaired) electrons. The number of carbonyl (C=O) groups is 1. The van der Waals surface area contributed by atoms with E-state index in [0.29, 0.717) is 18.1 Å². The summed E-state index contributed by atoms with van der Waals surface area (Å²) >= 11 is 0. The molecular formula is C15H17N3O2. The number of aryl methyl sites for hydroxylation is 2. The molecule has 0 fully saturated rings. The number of ether oxygens (including phenoxy) is 1. The van der Waals surface area contributed by atoms with Gasteiger partial charge >= 0.3 is 0 Å². The Hall–Kier alpha value is -2.43. The molecule has 1 amide bonds. The first-order valence-corrected chi connectivity index (χ1v) is 6.45. The molecule has 1 aromatic carbocycles. The van der Waals surface area contributed by atoms with E-state index >= 15 is 0 Å². The lowest BCUT2D eigenvalue weighted by Gasteiger charge is -2.07. The highest BCUT2D eigenvalue weighted by molar-refractivity contribution is 6.03. The van der Waals surface area contributed by atoms with Crippen molar-refractivity contribution in [3.63, 3.8) is 0 Å². The summed E-state index contributed by atoms with van der Waals surface area (Å²) in [7, 11) is 0. The van der Waals surface area contributed by atoms with E-state index in [-0.39, 0.29) is 5.91 Å². The Bertz CT molecular complexity index is 589. The van der Waals surface area contributed by atoms with Gasteiger partial charge in [-0.1, -0.05) is 0 Å². The maximum atomic E-state index is 12.1. The van der Waals surface area contributed by atoms with Gasteiger partial charge in [0.05, 0.1) is 6.61 Å². The number of amides is 1. The molecule has 1 N–H and O–H groups in total. The van der Waals surface area contributed by atoms with Gasteiger partial charge in [0.25, 0.3) is 5.91 Å². The highest BCUT2D eigenvalue weighted by atomic mass is 16.5. The number of nitrogens with one attached hydrogen (secondary N) is 1. The molecule has 2 rings (SSSR count). The molecule has 0 unspecified atom stereocenters. The van der Waals surface area contributed by atoms with Crippen molar-refractivity contribution in [1.82, 2.24) is 9.97 Å². The smallest absolute Gasteiger partial charge is 0.258 e. The zero-order valence-corrected chi connectivity index (χ0v) is 11.8. The van der Waals surface area contributed by atoms with E-state index in [1.807, 2.05) is 26.8 Å². The third-order valence-corrected chi connectivity index (χ3v) is 2.64. The largest absolute Gasteiger partial charge is 0.494 e. The molecule has 5 heteroatoms. The summed E-state index contributed by atoms with van der Waals surface area (Å²) in [5.41, 5.74) is 2.18. The summed E-state index contributed by atoms with van der Waals surface area (Å²) in [6.45, 7) is 6.24. The van der Waals surface area contributed by atoms with Crippen molar-refractivity contribution in [3.8, 4) is 5.75 Å². The summed E-state index contributed by atoms with van der Waals surface area (Å²) in [5, 5.41) is 2.69. The molecule has 0 aliphatic carbocycles. The van der Waals surface area contributed by atoms with Gasteiger partial charge in [-0.05, 0) is 51.1 Å². The van der Waals surface area contributed by atoms with Crippen LogP contribution in [0.3, 0.4) is 0 Å². The van der Waals surface area contributed by atoms with Crippen molar-refractivity contribution in [1.29, 1.82) is 0 Å². The van der Waals surface area contributed by atoms with Gasteiger partial charge in [-0.15, -0.1) is 0 Å². The summed E-state index contributed by atoms with van der Waals surface area (Å²) < 4.78 is 5.33. The highest BCUT2D eigenvalue weighted by Crippen LogP contribution is 2.13. The van der Waals surface area contributed by atoms with Crippen LogP contribution in [-0.2, 0) is 0 Å². The van der Waals surface area contributed by atoms with Gasteiger partial charge in [-0.3, -0.25) is 10.1 Å². The first-order chi connectivity index (χ1) is 9.58. The van der Waals surface area contributed by atoms with E-state index < -0.39 is 0 Å². The van der Waals surface area contributed by atoms with Gasteiger partial charge < -0.3 is 4.74 Å². The zero-order chi connectivity index (χ0) is 14.5. The lowest BCUT2D eigenvalue weighted by molar-refractivity contribution is 0.102. The number of rotatable bonds is 4. The summed E-state index contributed by atoms with van der Waals surface area (Å²) in [6.07, 6.45) is 0. The molecule has 0 aliphatic rings. The second-order valence-electron chi connectivity index (χ2n) is 4.39. The first-order valence-electron chi connectivity index (χ1n) is 6.45. The Balaban J connectivity index is 2.11. The number of anilines is 1. The van der Waals surface area contributed by atoms with Crippen molar-refractivity contribution >= 4 is 11.9 Å². The van der Waals surface area contributed by atoms with Crippen molar-refractivity contribution in [3.05, 3.63) is 47.3 Å². The topological polar surface area (TPSA) is 64.1 Å². The second kappa shape index (κ2) is 6.14. The fourth-order valence-corrected chi connectivity index (χ4v) is 1.82. The molecular weight excluding hydrogens is 254 g/mol. The second-order valence-corrected chi connectivity index (χ2v) is 4.39. The van der Waals surface area contributed by atoms with Gasteiger partial charge in [0.15, 0.2) is 0 Å². The van der Waals surface area contributed by atoms with E-state index in [1.54, 1.807) is 24.3 Å². The molecule has 0 atom stereocenters. The fraction of sp³-hybridized carbons (Fsp3) is 0.267. The Morgan fingerprint density at radius 2 is 1.75 bits per heavy atom. The van der Waals surface area contributed by atoms with Crippen molar-refractivity contribution < 1.29 is 9.53 Å². The molecule has 0 bridgehead atoms. The number of benzene rings is 1. The summed E-state index contributed by atoms with van der Waals surface area (Å²) in [6, 6.07) is 8.81. The van der Waals surface area contributed by atoms with Gasteiger partial charge in [0.2, 0.25) is 5.95 Å². The third-order valence-electron chi connectivity index (χ3n) is 2.64. The first kappa shape index (κ1) is 14.0. The number of aromatic nitrogens is 2. The number of hydrogen-bond donors (Lipinski definition) is 1. The van der Waals surface area contributed by atoms with Crippen LogP contribution in [0.15, 0.2) is 30.3 Å². The molecule has 1 heterocycles. The summed E-state index contributed by atoms with van der Waals surface area (Å²) in [4.78, 5) is 20.4. The van der Waals surface area contributed by atoms with Crippen LogP contribution >= 0.6 is 0 Å². The molecule has 5 nitrogen and oxygen atoms in total. The van der Waals surface area contributed by atoms with Gasteiger partial charge in [0, 0.05) is 17.0 Å². The SMILES string of the molecule is CCOc1ccc(C(=O)Nc2nc(C)cc(C)n2)cc1. The fourth-order valence-electron chi connectivity index (χ4n) is 1.82. The molecule has 0 aliphatic heterocycles. The van der Waals surface area contributed by atoms with Crippen LogP contribution in [0.25, 0.3) is 0 Å². The normalized spacial score (nSPS) is 10.2. The van der Waals surface area contributed by atoms with Gasteiger partial charge in [-0.2, -0.15) is 0 Å². The van der Waals surface area contributed by atoms with Crippen molar-refractivity contribution in [2.75, 3.05) is 11.9 Å².